The van der Waals surface area contributed by atoms with E-state index >= 15 is 0 Å². The van der Waals surface area contributed by atoms with Crippen molar-refractivity contribution in [1.82, 2.24) is 10.2 Å². The van der Waals surface area contributed by atoms with Crippen molar-refractivity contribution >= 4 is 6.03 Å². The molecule has 0 aromatic heterocycles. The fraction of sp³-hybridized carbons (Fsp3) is 0.650. The van der Waals surface area contributed by atoms with E-state index in [1.54, 1.807) is 0 Å². The van der Waals surface area contributed by atoms with Gasteiger partial charge in [-0.1, -0.05) is 30.3 Å². The Morgan fingerprint density at radius 2 is 2.04 bits per heavy atom. The number of nitrogens with zero attached hydrogens (tertiary/aromatic N) is 1. The molecule has 3 atom stereocenters. The van der Waals surface area contributed by atoms with Crippen molar-refractivity contribution < 1.29 is 14.3 Å². The Morgan fingerprint density at radius 3 is 2.80 bits per heavy atom. The standard InChI is InChI=1S/C20H28N2O3/c1-20(24-10-11-25-20)17-8-5-9-22(14-17)19(23)21-13-16-12-18(16)15-6-3-2-4-7-15/h2-4,6-7,16-18H,5,8-14H2,1H3,(H,21,23)/t16-,17-,18+/m1/s1. The second-order valence-electron chi connectivity index (χ2n) is 7.70. The summed E-state index contributed by atoms with van der Waals surface area (Å²) in [5, 5.41) is 3.14. The number of urea groups is 1. The monoisotopic (exact) mass is 344 g/mol. The van der Waals surface area contributed by atoms with E-state index in [2.05, 4.69) is 29.6 Å². The number of hydrogen-bond acceptors (Lipinski definition) is 3. The minimum absolute atomic E-state index is 0.0602. The van der Waals surface area contributed by atoms with Crippen LogP contribution in [-0.4, -0.2) is 49.6 Å². The Bertz CT molecular complexity index is 600. The molecule has 2 heterocycles. The molecular weight excluding hydrogens is 316 g/mol. The molecule has 0 radical (unpaired) electrons. The highest BCUT2D eigenvalue weighted by Gasteiger charge is 2.43. The summed E-state index contributed by atoms with van der Waals surface area (Å²) >= 11 is 0. The fourth-order valence-electron chi connectivity index (χ4n) is 4.27. The van der Waals surface area contributed by atoms with Gasteiger partial charge in [0.15, 0.2) is 5.79 Å². The van der Waals surface area contributed by atoms with Crippen LogP contribution in [0.2, 0.25) is 0 Å². The van der Waals surface area contributed by atoms with Crippen molar-refractivity contribution in [1.29, 1.82) is 0 Å². The molecule has 0 unspecified atom stereocenters. The van der Waals surface area contributed by atoms with Gasteiger partial charge in [0.25, 0.3) is 0 Å². The van der Waals surface area contributed by atoms with E-state index in [-0.39, 0.29) is 11.9 Å². The largest absolute Gasteiger partial charge is 0.347 e. The van der Waals surface area contributed by atoms with Crippen LogP contribution in [0, 0.1) is 11.8 Å². The van der Waals surface area contributed by atoms with Crippen LogP contribution in [0.25, 0.3) is 0 Å². The summed E-state index contributed by atoms with van der Waals surface area (Å²) in [5.74, 6) is 0.918. The van der Waals surface area contributed by atoms with Crippen LogP contribution < -0.4 is 5.32 Å². The smallest absolute Gasteiger partial charge is 0.317 e. The number of benzene rings is 1. The number of carbonyl (C=O) groups excluding carboxylic acids is 1. The van der Waals surface area contributed by atoms with Crippen molar-refractivity contribution in [3.05, 3.63) is 35.9 Å². The molecule has 2 saturated heterocycles. The molecule has 0 spiro atoms. The van der Waals surface area contributed by atoms with Crippen molar-refractivity contribution in [2.75, 3.05) is 32.8 Å². The molecule has 3 fully saturated rings. The number of carbonyl (C=O) groups is 1. The average molecular weight is 344 g/mol. The Morgan fingerprint density at radius 1 is 1.28 bits per heavy atom. The summed E-state index contributed by atoms with van der Waals surface area (Å²) in [5.41, 5.74) is 1.39. The SMILES string of the molecule is CC1([C@@H]2CCCN(C(=O)NC[C@H]3C[C@H]3c3ccccc3)C2)OCCO1. The summed E-state index contributed by atoms with van der Waals surface area (Å²) in [4.78, 5) is 14.5. The Kier molecular flexibility index (Phi) is 4.69. The molecule has 1 saturated carbocycles. The minimum atomic E-state index is -0.520. The predicted molar refractivity (Wildman–Crippen MR) is 95.3 cm³/mol. The lowest BCUT2D eigenvalue weighted by atomic mass is 9.90. The molecule has 1 aromatic carbocycles. The van der Waals surface area contributed by atoms with Gasteiger partial charge in [-0.25, -0.2) is 4.79 Å². The first-order valence-electron chi connectivity index (χ1n) is 9.51. The number of likely N-dealkylation sites (tertiary alicyclic amines) is 1. The van der Waals surface area contributed by atoms with Gasteiger partial charge in [-0.2, -0.15) is 0 Å². The quantitative estimate of drug-likeness (QED) is 0.913. The normalized spacial score (nSPS) is 30.9. The van der Waals surface area contributed by atoms with E-state index in [4.69, 9.17) is 9.47 Å². The predicted octanol–water partition coefficient (Wildman–Crippen LogP) is 2.97. The molecule has 5 nitrogen and oxygen atoms in total. The van der Waals surface area contributed by atoms with E-state index in [1.807, 2.05) is 17.9 Å². The van der Waals surface area contributed by atoms with Crippen molar-refractivity contribution in [2.24, 2.45) is 11.8 Å². The van der Waals surface area contributed by atoms with Gasteiger partial charge in [0.2, 0.25) is 0 Å². The number of rotatable bonds is 4. The number of piperidine rings is 1. The molecule has 3 aliphatic rings. The fourth-order valence-corrected chi connectivity index (χ4v) is 4.27. The number of ether oxygens (including phenoxy) is 2. The molecule has 1 aliphatic carbocycles. The van der Waals surface area contributed by atoms with E-state index in [0.717, 1.165) is 32.5 Å². The minimum Gasteiger partial charge on any atom is -0.347 e. The van der Waals surface area contributed by atoms with Crippen LogP contribution in [0.3, 0.4) is 0 Å². The topological polar surface area (TPSA) is 50.8 Å². The number of amides is 2. The molecule has 4 rings (SSSR count). The van der Waals surface area contributed by atoms with Gasteiger partial charge in [-0.15, -0.1) is 0 Å². The lowest BCUT2D eigenvalue weighted by Crippen LogP contribution is -2.51. The first-order chi connectivity index (χ1) is 12.2. The highest BCUT2D eigenvalue weighted by molar-refractivity contribution is 5.74. The molecule has 2 aliphatic heterocycles. The van der Waals surface area contributed by atoms with Crippen molar-refractivity contribution in [3.8, 4) is 0 Å². The third-order valence-corrected chi connectivity index (χ3v) is 5.98. The molecule has 1 aromatic rings. The Balaban J connectivity index is 1.26. The number of nitrogens with one attached hydrogen (secondary N) is 1. The van der Waals surface area contributed by atoms with E-state index in [0.29, 0.717) is 25.0 Å². The van der Waals surface area contributed by atoms with E-state index < -0.39 is 5.79 Å². The molecule has 25 heavy (non-hydrogen) atoms. The maximum Gasteiger partial charge on any atom is 0.317 e. The highest BCUT2D eigenvalue weighted by atomic mass is 16.7. The lowest BCUT2D eigenvalue weighted by molar-refractivity contribution is -0.189. The van der Waals surface area contributed by atoms with Crippen molar-refractivity contribution in [3.63, 3.8) is 0 Å². The third-order valence-electron chi connectivity index (χ3n) is 5.98. The van der Waals surface area contributed by atoms with Crippen LogP contribution in [0.1, 0.15) is 37.7 Å². The summed E-state index contributed by atoms with van der Waals surface area (Å²) in [6, 6.07) is 10.7. The zero-order valence-corrected chi connectivity index (χ0v) is 14.9. The van der Waals surface area contributed by atoms with Gasteiger partial charge in [-0.05, 0) is 43.6 Å². The third kappa shape index (κ3) is 3.67. The van der Waals surface area contributed by atoms with Crippen LogP contribution >= 0.6 is 0 Å². The average Bonchev–Trinajstić information content (AvgIpc) is 3.31. The van der Waals surface area contributed by atoms with Crippen LogP contribution in [0.15, 0.2) is 30.3 Å². The summed E-state index contributed by atoms with van der Waals surface area (Å²) in [6.45, 7) is 5.63. The molecule has 0 bridgehead atoms. The van der Waals surface area contributed by atoms with Crippen molar-refractivity contribution in [2.45, 2.75) is 37.9 Å². The Hall–Kier alpha value is -1.59. The van der Waals surface area contributed by atoms with Gasteiger partial charge >= 0.3 is 6.03 Å². The van der Waals surface area contributed by atoms with Gasteiger partial charge in [-0.3, -0.25) is 0 Å². The summed E-state index contributed by atoms with van der Waals surface area (Å²) < 4.78 is 11.6. The van der Waals surface area contributed by atoms with Crippen LogP contribution in [0.4, 0.5) is 4.79 Å². The summed E-state index contributed by atoms with van der Waals surface area (Å²) in [7, 11) is 0. The van der Waals surface area contributed by atoms with Crippen LogP contribution in [0.5, 0.6) is 0 Å². The zero-order chi connectivity index (χ0) is 17.3. The molecule has 1 N–H and O–H groups in total. The van der Waals surface area contributed by atoms with Gasteiger partial charge < -0.3 is 19.7 Å². The summed E-state index contributed by atoms with van der Waals surface area (Å²) in [6.07, 6.45) is 3.24. The van der Waals surface area contributed by atoms with Gasteiger partial charge in [0.05, 0.1) is 13.2 Å². The molecule has 136 valence electrons. The van der Waals surface area contributed by atoms with E-state index in [1.165, 1.54) is 12.0 Å². The highest BCUT2D eigenvalue weighted by Crippen LogP contribution is 2.46. The van der Waals surface area contributed by atoms with Gasteiger partial charge in [0.1, 0.15) is 0 Å². The first kappa shape index (κ1) is 16.9. The zero-order valence-electron chi connectivity index (χ0n) is 14.9. The van der Waals surface area contributed by atoms with Gasteiger partial charge in [0, 0.05) is 25.6 Å². The maximum atomic E-state index is 12.6. The molecule has 2 amide bonds. The first-order valence-corrected chi connectivity index (χ1v) is 9.51. The number of hydrogen-bond donors (Lipinski definition) is 1. The molecule has 5 heteroatoms. The maximum absolute atomic E-state index is 12.6. The molecular formula is C20H28N2O3. The lowest BCUT2D eigenvalue weighted by Gasteiger charge is -2.39. The van der Waals surface area contributed by atoms with Crippen LogP contribution in [-0.2, 0) is 9.47 Å². The second kappa shape index (κ2) is 6.96. The Labute approximate surface area is 149 Å². The second-order valence-corrected chi connectivity index (χ2v) is 7.70. The van der Waals surface area contributed by atoms with E-state index in [9.17, 15) is 4.79 Å².